The van der Waals surface area contributed by atoms with Crippen LogP contribution in [-0.2, 0) is 0 Å². The first-order valence-electron chi connectivity index (χ1n) is 4.66. The Morgan fingerprint density at radius 1 is 1.27 bits per heavy atom. The van der Waals surface area contributed by atoms with Crippen LogP contribution in [0.25, 0.3) is 5.69 Å². The van der Waals surface area contributed by atoms with E-state index in [-0.39, 0.29) is 0 Å². The van der Waals surface area contributed by atoms with Crippen LogP contribution in [0.5, 0.6) is 0 Å². The highest BCUT2D eigenvalue weighted by molar-refractivity contribution is 5.87. The second-order valence-electron chi connectivity index (χ2n) is 3.40. The minimum atomic E-state index is -0.901. The summed E-state index contributed by atoms with van der Waals surface area (Å²) in [6.07, 6.45) is 3.37. The first-order valence-corrected chi connectivity index (χ1v) is 4.66. The van der Waals surface area contributed by atoms with E-state index in [1.807, 2.05) is 35.8 Å². The Balaban J connectivity index is 2.46. The van der Waals surface area contributed by atoms with Gasteiger partial charge in [0.05, 0.1) is 5.56 Å². The number of rotatable bonds is 2. The topological polar surface area (TPSA) is 42.2 Å². The van der Waals surface area contributed by atoms with Crippen LogP contribution in [0, 0.1) is 6.92 Å². The number of aryl methyl sites for hydroxylation is 1. The fourth-order valence-electron chi connectivity index (χ4n) is 1.53. The van der Waals surface area contributed by atoms with Crippen molar-refractivity contribution in [3.05, 3.63) is 53.9 Å². The van der Waals surface area contributed by atoms with Crippen LogP contribution in [-0.4, -0.2) is 15.6 Å². The largest absolute Gasteiger partial charge is 0.478 e. The van der Waals surface area contributed by atoms with Gasteiger partial charge in [-0.15, -0.1) is 0 Å². The number of aromatic nitrogens is 1. The van der Waals surface area contributed by atoms with Crippen molar-refractivity contribution in [1.82, 2.24) is 4.57 Å². The minimum absolute atomic E-state index is 0.304. The van der Waals surface area contributed by atoms with Crippen LogP contribution < -0.4 is 0 Å². The molecule has 2 aromatic rings. The number of hydrogen-bond acceptors (Lipinski definition) is 1. The van der Waals surface area contributed by atoms with Crippen molar-refractivity contribution in [3.63, 3.8) is 0 Å². The molecule has 1 aromatic carbocycles. The number of carboxylic acids is 1. The van der Waals surface area contributed by atoms with Crippen LogP contribution in [0.3, 0.4) is 0 Å². The average molecular weight is 201 g/mol. The van der Waals surface area contributed by atoms with Crippen LogP contribution in [0.15, 0.2) is 42.7 Å². The van der Waals surface area contributed by atoms with Crippen molar-refractivity contribution in [1.29, 1.82) is 0 Å². The third kappa shape index (κ3) is 1.76. The SMILES string of the molecule is Cc1ccccc1-n1ccc(C(=O)O)c1. The zero-order chi connectivity index (χ0) is 10.8. The molecule has 0 atom stereocenters. The van der Waals surface area contributed by atoms with E-state index >= 15 is 0 Å². The quantitative estimate of drug-likeness (QED) is 0.811. The molecule has 0 amide bonds. The molecule has 0 aliphatic carbocycles. The molecule has 0 aliphatic heterocycles. The Bertz CT molecular complexity index is 500. The second kappa shape index (κ2) is 3.61. The predicted octanol–water partition coefficient (Wildman–Crippen LogP) is 2.48. The van der Waals surface area contributed by atoms with E-state index in [9.17, 15) is 4.79 Å². The van der Waals surface area contributed by atoms with Crippen molar-refractivity contribution in [3.8, 4) is 5.69 Å². The van der Waals surface area contributed by atoms with Crippen LogP contribution >= 0.6 is 0 Å². The number of carboxylic acid groups (broad SMARTS) is 1. The summed E-state index contributed by atoms with van der Waals surface area (Å²) in [4.78, 5) is 10.7. The van der Waals surface area contributed by atoms with Gasteiger partial charge in [0.25, 0.3) is 0 Å². The first-order chi connectivity index (χ1) is 7.18. The molecule has 1 heterocycles. The lowest BCUT2D eigenvalue weighted by molar-refractivity contribution is 0.0697. The standard InChI is InChI=1S/C12H11NO2/c1-9-4-2-3-5-11(9)13-7-6-10(8-13)12(14)15/h2-8H,1H3,(H,14,15). The Morgan fingerprint density at radius 2 is 2.00 bits per heavy atom. The Hall–Kier alpha value is -2.03. The van der Waals surface area contributed by atoms with Gasteiger partial charge in [0.2, 0.25) is 0 Å². The maximum absolute atomic E-state index is 10.7. The summed E-state index contributed by atoms with van der Waals surface area (Å²) < 4.78 is 1.82. The molecule has 0 radical (unpaired) electrons. The molecule has 76 valence electrons. The van der Waals surface area contributed by atoms with E-state index in [4.69, 9.17) is 5.11 Å². The molecule has 1 aromatic heterocycles. The molecular weight excluding hydrogens is 190 g/mol. The first kappa shape index (κ1) is 9.52. The summed E-state index contributed by atoms with van der Waals surface area (Å²) in [5.74, 6) is -0.901. The molecule has 3 heteroatoms. The summed E-state index contributed by atoms with van der Waals surface area (Å²) >= 11 is 0. The molecule has 1 N–H and O–H groups in total. The lowest BCUT2D eigenvalue weighted by Gasteiger charge is -2.05. The van der Waals surface area contributed by atoms with Gasteiger partial charge in [0.1, 0.15) is 0 Å². The van der Waals surface area contributed by atoms with Gasteiger partial charge in [0, 0.05) is 18.1 Å². The molecule has 0 bridgehead atoms. The van der Waals surface area contributed by atoms with Gasteiger partial charge in [-0.2, -0.15) is 0 Å². The monoisotopic (exact) mass is 201 g/mol. The van der Waals surface area contributed by atoms with Crippen molar-refractivity contribution in [2.75, 3.05) is 0 Å². The number of para-hydroxylation sites is 1. The van der Waals surface area contributed by atoms with Crippen molar-refractivity contribution >= 4 is 5.97 Å². The summed E-state index contributed by atoms with van der Waals surface area (Å²) in [7, 11) is 0. The van der Waals surface area contributed by atoms with Gasteiger partial charge in [0.15, 0.2) is 0 Å². The number of benzene rings is 1. The summed E-state index contributed by atoms with van der Waals surface area (Å²) in [6.45, 7) is 2.00. The predicted molar refractivity (Wildman–Crippen MR) is 57.5 cm³/mol. The molecule has 2 rings (SSSR count). The zero-order valence-corrected chi connectivity index (χ0v) is 8.34. The highest BCUT2D eigenvalue weighted by atomic mass is 16.4. The van der Waals surface area contributed by atoms with Crippen LogP contribution in [0.4, 0.5) is 0 Å². The highest BCUT2D eigenvalue weighted by Gasteiger charge is 2.06. The third-order valence-corrected chi connectivity index (χ3v) is 2.33. The van der Waals surface area contributed by atoms with Gasteiger partial charge in [-0.25, -0.2) is 4.79 Å². The van der Waals surface area contributed by atoms with E-state index in [0.717, 1.165) is 11.3 Å². The summed E-state index contributed by atoms with van der Waals surface area (Å²) in [5, 5.41) is 8.80. The van der Waals surface area contributed by atoms with Crippen molar-refractivity contribution in [2.24, 2.45) is 0 Å². The molecule has 0 fully saturated rings. The fourth-order valence-corrected chi connectivity index (χ4v) is 1.53. The molecule has 0 aliphatic rings. The van der Waals surface area contributed by atoms with Gasteiger partial charge in [-0.3, -0.25) is 0 Å². The van der Waals surface area contributed by atoms with E-state index in [1.165, 1.54) is 0 Å². The number of hydrogen-bond donors (Lipinski definition) is 1. The second-order valence-corrected chi connectivity index (χ2v) is 3.40. The lowest BCUT2D eigenvalue weighted by Crippen LogP contribution is -1.95. The molecule has 0 unspecified atom stereocenters. The Morgan fingerprint density at radius 3 is 2.60 bits per heavy atom. The van der Waals surface area contributed by atoms with Gasteiger partial charge < -0.3 is 9.67 Å². The van der Waals surface area contributed by atoms with E-state index < -0.39 is 5.97 Å². The van der Waals surface area contributed by atoms with Gasteiger partial charge >= 0.3 is 5.97 Å². The number of nitrogens with zero attached hydrogens (tertiary/aromatic N) is 1. The fraction of sp³-hybridized carbons (Fsp3) is 0.0833. The molecule has 3 nitrogen and oxygen atoms in total. The average Bonchev–Trinajstić information content (AvgIpc) is 2.67. The molecule has 0 saturated heterocycles. The Kier molecular flexibility index (Phi) is 2.29. The normalized spacial score (nSPS) is 10.2. The lowest BCUT2D eigenvalue weighted by atomic mass is 10.2. The molecule has 15 heavy (non-hydrogen) atoms. The molecular formula is C12H11NO2. The van der Waals surface area contributed by atoms with E-state index in [2.05, 4.69) is 0 Å². The van der Waals surface area contributed by atoms with Crippen LogP contribution in [0.1, 0.15) is 15.9 Å². The maximum Gasteiger partial charge on any atom is 0.337 e. The van der Waals surface area contributed by atoms with Crippen LogP contribution in [0.2, 0.25) is 0 Å². The summed E-state index contributed by atoms with van der Waals surface area (Å²) in [5.41, 5.74) is 2.42. The maximum atomic E-state index is 10.7. The number of aromatic carboxylic acids is 1. The Labute approximate surface area is 87.6 Å². The van der Waals surface area contributed by atoms with E-state index in [1.54, 1.807) is 18.5 Å². The molecule has 0 saturated carbocycles. The van der Waals surface area contributed by atoms with Crippen molar-refractivity contribution in [2.45, 2.75) is 6.92 Å². The minimum Gasteiger partial charge on any atom is -0.478 e. The van der Waals surface area contributed by atoms with Crippen molar-refractivity contribution < 1.29 is 9.90 Å². The van der Waals surface area contributed by atoms with Gasteiger partial charge in [-0.1, -0.05) is 18.2 Å². The smallest absolute Gasteiger partial charge is 0.337 e. The van der Waals surface area contributed by atoms with Gasteiger partial charge in [-0.05, 0) is 24.6 Å². The molecule has 0 spiro atoms. The number of carbonyl (C=O) groups is 1. The highest BCUT2D eigenvalue weighted by Crippen LogP contribution is 2.14. The third-order valence-electron chi connectivity index (χ3n) is 2.33. The van der Waals surface area contributed by atoms with E-state index in [0.29, 0.717) is 5.56 Å². The zero-order valence-electron chi connectivity index (χ0n) is 8.34. The summed E-state index contributed by atoms with van der Waals surface area (Å²) in [6, 6.07) is 9.44.